The zero-order valence-electron chi connectivity index (χ0n) is 18.9. The number of ether oxygens (including phenoxy) is 3. The van der Waals surface area contributed by atoms with Gasteiger partial charge in [0, 0.05) is 44.1 Å². The molecule has 0 unspecified atom stereocenters. The molecule has 0 aromatic heterocycles. The number of nitrogens with zero attached hydrogens (tertiary/aromatic N) is 1. The highest BCUT2D eigenvalue weighted by Gasteiger charge is 2.67. The Morgan fingerprint density at radius 1 is 1.16 bits per heavy atom. The molecule has 0 radical (unpaired) electrons. The Hall–Kier alpha value is -1.67. The molecule has 0 aromatic carbocycles. The van der Waals surface area contributed by atoms with Crippen molar-refractivity contribution < 1.29 is 33.7 Å². The van der Waals surface area contributed by atoms with E-state index in [0.29, 0.717) is 19.4 Å². The normalized spacial score (nSPS) is 44.9. The third-order valence-corrected chi connectivity index (χ3v) is 8.22. The van der Waals surface area contributed by atoms with Crippen LogP contribution in [-0.2, 0) is 28.6 Å². The van der Waals surface area contributed by atoms with Crippen molar-refractivity contribution in [2.24, 2.45) is 29.1 Å². The van der Waals surface area contributed by atoms with Crippen molar-refractivity contribution in [1.29, 1.82) is 0 Å². The third-order valence-electron chi connectivity index (χ3n) is 8.22. The molecule has 0 bridgehead atoms. The summed E-state index contributed by atoms with van der Waals surface area (Å²) in [6, 6.07) is 0. The lowest BCUT2D eigenvalue weighted by atomic mass is 9.66. The minimum Gasteiger partial charge on any atom is -0.462 e. The number of rotatable bonds is 4. The topological polar surface area (TPSA) is 102 Å². The van der Waals surface area contributed by atoms with Gasteiger partial charge in [-0.15, -0.1) is 0 Å². The number of esters is 3. The molecule has 2 heterocycles. The number of carbonyl (C=O) groups excluding carboxylic acids is 3. The predicted octanol–water partition coefficient (Wildman–Crippen LogP) is 1.53. The van der Waals surface area contributed by atoms with Crippen molar-refractivity contribution in [3.05, 3.63) is 0 Å². The minimum atomic E-state index is -0.920. The summed E-state index contributed by atoms with van der Waals surface area (Å²) in [6.07, 6.45) is 0.822. The van der Waals surface area contributed by atoms with Crippen LogP contribution in [0.4, 0.5) is 0 Å². The molecule has 2 saturated carbocycles. The van der Waals surface area contributed by atoms with Crippen molar-refractivity contribution >= 4 is 17.9 Å². The number of hydrogen-bond acceptors (Lipinski definition) is 8. The highest BCUT2D eigenvalue weighted by Crippen LogP contribution is 2.58. The summed E-state index contributed by atoms with van der Waals surface area (Å²) >= 11 is 0. The Balaban J connectivity index is 1.69. The number of fused-ring (bicyclic) bond motifs is 2. The molecule has 0 aromatic rings. The van der Waals surface area contributed by atoms with E-state index in [1.54, 1.807) is 0 Å². The van der Waals surface area contributed by atoms with Crippen molar-refractivity contribution in [2.45, 2.75) is 77.8 Å². The molecule has 4 rings (SSSR count). The van der Waals surface area contributed by atoms with Crippen LogP contribution in [0.3, 0.4) is 0 Å². The summed E-state index contributed by atoms with van der Waals surface area (Å²) in [4.78, 5) is 38.8. The lowest BCUT2D eigenvalue weighted by molar-refractivity contribution is -0.165. The van der Waals surface area contributed by atoms with Crippen LogP contribution in [0.15, 0.2) is 0 Å². The van der Waals surface area contributed by atoms with E-state index in [9.17, 15) is 19.5 Å². The van der Waals surface area contributed by atoms with Crippen molar-refractivity contribution in [3.63, 3.8) is 0 Å². The van der Waals surface area contributed by atoms with Gasteiger partial charge in [0.15, 0.2) is 0 Å². The summed E-state index contributed by atoms with van der Waals surface area (Å²) in [5, 5.41) is 11.8. The lowest BCUT2D eigenvalue weighted by Crippen LogP contribution is -2.52. The number of likely N-dealkylation sites (tertiary alicyclic amines) is 1. The van der Waals surface area contributed by atoms with Gasteiger partial charge in [0.05, 0.1) is 12.0 Å². The molecule has 2 saturated heterocycles. The van der Waals surface area contributed by atoms with Crippen LogP contribution >= 0.6 is 0 Å². The molecule has 2 aliphatic heterocycles. The van der Waals surface area contributed by atoms with Crippen LogP contribution in [0.25, 0.3) is 0 Å². The molecular formula is C23H35NO7. The highest BCUT2D eigenvalue weighted by molar-refractivity contribution is 5.76. The van der Waals surface area contributed by atoms with Crippen molar-refractivity contribution in [3.8, 4) is 0 Å². The molecule has 0 spiro atoms. The monoisotopic (exact) mass is 437 g/mol. The largest absolute Gasteiger partial charge is 0.462 e. The predicted molar refractivity (Wildman–Crippen MR) is 110 cm³/mol. The van der Waals surface area contributed by atoms with Gasteiger partial charge < -0.3 is 24.2 Å². The number of carbonyl (C=O) groups is 3. The zero-order chi connectivity index (χ0) is 22.5. The molecule has 2 aliphatic carbocycles. The maximum Gasteiger partial charge on any atom is 0.311 e. The van der Waals surface area contributed by atoms with Crippen LogP contribution in [0.5, 0.6) is 0 Å². The van der Waals surface area contributed by atoms with E-state index in [2.05, 4.69) is 4.90 Å². The van der Waals surface area contributed by atoms with E-state index in [0.717, 1.165) is 25.9 Å². The number of hydrogen-bond donors (Lipinski definition) is 1. The molecule has 4 fully saturated rings. The summed E-state index contributed by atoms with van der Waals surface area (Å²) in [5.74, 6) is -2.03. The van der Waals surface area contributed by atoms with Crippen LogP contribution in [0.1, 0.15) is 53.4 Å². The van der Waals surface area contributed by atoms with E-state index in [-0.39, 0.29) is 35.8 Å². The summed E-state index contributed by atoms with van der Waals surface area (Å²) in [7, 11) is 0. The molecule has 31 heavy (non-hydrogen) atoms. The highest BCUT2D eigenvalue weighted by atomic mass is 16.6. The first-order chi connectivity index (χ1) is 14.6. The SMILES string of the molecule is CC(=O)O[C@H]1C[C@@H](OC(C)=O)[C@H]2[C@H](C)C[C@@H]3OC(=O)[C@H](CN4CCCC4)[C@H]3[C@H](O)[C@@]21C. The van der Waals surface area contributed by atoms with Gasteiger partial charge in [-0.25, -0.2) is 0 Å². The Kier molecular flexibility index (Phi) is 6.07. The van der Waals surface area contributed by atoms with Gasteiger partial charge in [0.1, 0.15) is 18.3 Å². The van der Waals surface area contributed by atoms with Crippen molar-refractivity contribution in [1.82, 2.24) is 4.90 Å². The van der Waals surface area contributed by atoms with Crippen LogP contribution in [-0.4, -0.2) is 72.0 Å². The number of aliphatic hydroxyl groups excluding tert-OH is 1. The molecule has 1 N–H and O–H groups in total. The van der Waals surface area contributed by atoms with E-state index < -0.39 is 35.6 Å². The molecule has 174 valence electrons. The second-order valence-corrected chi connectivity index (χ2v) is 10.2. The fourth-order valence-electron chi connectivity index (χ4n) is 7.03. The van der Waals surface area contributed by atoms with Gasteiger partial charge in [-0.2, -0.15) is 0 Å². The fraction of sp³-hybridized carbons (Fsp3) is 0.870. The second kappa shape index (κ2) is 8.35. The molecular weight excluding hydrogens is 402 g/mol. The van der Waals surface area contributed by atoms with E-state index >= 15 is 0 Å². The van der Waals surface area contributed by atoms with Gasteiger partial charge >= 0.3 is 17.9 Å². The van der Waals surface area contributed by atoms with Gasteiger partial charge in [0.2, 0.25) is 0 Å². The molecule has 0 amide bonds. The van der Waals surface area contributed by atoms with E-state index in [1.165, 1.54) is 13.8 Å². The Labute approximate surface area is 183 Å². The first kappa shape index (κ1) is 22.5. The lowest BCUT2D eigenvalue weighted by Gasteiger charge is -2.43. The average Bonchev–Trinajstić information content (AvgIpc) is 3.32. The quantitative estimate of drug-likeness (QED) is 0.522. The molecule has 4 aliphatic rings. The standard InChI is InChI=1S/C23H35NO7/c1-12-9-16-19(15(22(28)31-16)11-24-7-5-6-8-24)21(27)23(4)18(30-14(3)26)10-17(20(12)23)29-13(2)25/h12,15-21,27H,5-11H2,1-4H3/t12-,15-,16+,17-,18+,19-,20-,21+,23-/m1/s1. The van der Waals surface area contributed by atoms with Crippen LogP contribution < -0.4 is 0 Å². The Morgan fingerprint density at radius 2 is 1.81 bits per heavy atom. The van der Waals surface area contributed by atoms with Crippen molar-refractivity contribution in [2.75, 3.05) is 19.6 Å². The maximum atomic E-state index is 12.8. The van der Waals surface area contributed by atoms with E-state index in [4.69, 9.17) is 14.2 Å². The first-order valence-corrected chi connectivity index (χ1v) is 11.6. The third kappa shape index (κ3) is 3.86. The van der Waals surface area contributed by atoms with Crippen LogP contribution in [0.2, 0.25) is 0 Å². The molecule has 9 atom stereocenters. The summed E-state index contributed by atoms with van der Waals surface area (Å²) < 4.78 is 17.2. The van der Waals surface area contributed by atoms with Gasteiger partial charge in [-0.3, -0.25) is 14.4 Å². The van der Waals surface area contributed by atoms with E-state index in [1.807, 2.05) is 13.8 Å². The van der Waals surface area contributed by atoms with Gasteiger partial charge in [-0.1, -0.05) is 13.8 Å². The first-order valence-electron chi connectivity index (χ1n) is 11.6. The summed E-state index contributed by atoms with van der Waals surface area (Å²) in [5.41, 5.74) is -0.845. The van der Waals surface area contributed by atoms with Crippen LogP contribution in [0, 0.1) is 29.1 Å². The zero-order valence-corrected chi connectivity index (χ0v) is 18.9. The molecule has 8 heteroatoms. The molecule has 8 nitrogen and oxygen atoms in total. The van der Waals surface area contributed by atoms with Gasteiger partial charge in [-0.05, 0) is 38.3 Å². The Morgan fingerprint density at radius 3 is 2.42 bits per heavy atom. The smallest absolute Gasteiger partial charge is 0.311 e. The maximum absolute atomic E-state index is 12.8. The fourth-order valence-corrected chi connectivity index (χ4v) is 7.03. The van der Waals surface area contributed by atoms with Gasteiger partial charge in [0.25, 0.3) is 0 Å². The average molecular weight is 438 g/mol. The Bertz CT molecular complexity index is 735. The summed E-state index contributed by atoms with van der Waals surface area (Å²) in [6.45, 7) is 9.19. The number of aliphatic hydroxyl groups is 1. The second-order valence-electron chi connectivity index (χ2n) is 10.2. The minimum absolute atomic E-state index is 0.0119.